The summed E-state index contributed by atoms with van der Waals surface area (Å²) in [6.07, 6.45) is 0.214. The molecule has 0 aromatic heterocycles. The smallest absolute Gasteiger partial charge is 0.251 e. The highest BCUT2D eigenvalue weighted by Crippen LogP contribution is 2.12. The van der Waals surface area contributed by atoms with Crippen molar-refractivity contribution in [1.82, 2.24) is 5.32 Å². The van der Waals surface area contributed by atoms with Gasteiger partial charge in [-0.1, -0.05) is 0 Å². The first-order valence-corrected chi connectivity index (χ1v) is 5.42. The highest BCUT2D eigenvalue weighted by molar-refractivity contribution is 5.94. The molecule has 0 radical (unpaired) electrons. The summed E-state index contributed by atoms with van der Waals surface area (Å²) in [7, 11) is 0. The van der Waals surface area contributed by atoms with Crippen LogP contribution in [-0.4, -0.2) is 31.8 Å². The normalized spacial score (nSPS) is 17.9. The van der Waals surface area contributed by atoms with Crippen LogP contribution in [0.5, 0.6) is 5.75 Å². The number of benzene rings is 1. The number of amides is 1. The number of carbonyl (C=O) groups excluding carboxylic acids is 1. The Kier molecular flexibility index (Phi) is 3.41. The number of nitrogens with one attached hydrogen (secondary N) is 1. The molecular formula is C12H15NO3. The van der Waals surface area contributed by atoms with Crippen molar-refractivity contribution in [2.24, 2.45) is 0 Å². The maximum Gasteiger partial charge on any atom is 0.251 e. The maximum absolute atomic E-state index is 11.6. The van der Waals surface area contributed by atoms with Gasteiger partial charge in [0.15, 0.2) is 0 Å². The number of carbonyl (C=O) groups is 1. The van der Waals surface area contributed by atoms with E-state index in [0.29, 0.717) is 18.7 Å². The summed E-state index contributed by atoms with van der Waals surface area (Å²) in [6.45, 7) is 3.90. The Morgan fingerprint density at radius 2 is 2.19 bits per heavy atom. The van der Waals surface area contributed by atoms with Gasteiger partial charge in [0.05, 0.1) is 19.3 Å². The molecule has 1 aromatic carbocycles. The van der Waals surface area contributed by atoms with Crippen molar-refractivity contribution in [1.29, 1.82) is 0 Å². The number of ether oxygens (including phenoxy) is 2. The first-order valence-electron chi connectivity index (χ1n) is 5.42. The van der Waals surface area contributed by atoms with E-state index in [1.54, 1.807) is 24.3 Å². The predicted molar refractivity (Wildman–Crippen MR) is 59.7 cm³/mol. The van der Waals surface area contributed by atoms with Crippen molar-refractivity contribution in [3.8, 4) is 5.75 Å². The van der Waals surface area contributed by atoms with Crippen molar-refractivity contribution in [2.45, 2.75) is 13.0 Å². The zero-order chi connectivity index (χ0) is 11.4. The molecule has 1 aliphatic heterocycles. The summed E-state index contributed by atoms with van der Waals surface area (Å²) >= 11 is 0. The average molecular weight is 221 g/mol. The van der Waals surface area contributed by atoms with Crippen LogP contribution in [0.15, 0.2) is 24.3 Å². The van der Waals surface area contributed by atoms with Gasteiger partial charge in [0, 0.05) is 12.1 Å². The molecule has 4 heteroatoms. The lowest BCUT2D eigenvalue weighted by Gasteiger charge is -2.05. The molecule has 1 fully saturated rings. The number of hydrogen-bond donors (Lipinski definition) is 1. The van der Waals surface area contributed by atoms with Crippen LogP contribution in [-0.2, 0) is 4.74 Å². The largest absolute Gasteiger partial charge is 0.494 e. The van der Waals surface area contributed by atoms with E-state index in [-0.39, 0.29) is 12.0 Å². The first-order chi connectivity index (χ1) is 7.79. The molecule has 1 atom stereocenters. The van der Waals surface area contributed by atoms with E-state index in [4.69, 9.17) is 9.47 Å². The molecule has 2 rings (SSSR count). The van der Waals surface area contributed by atoms with E-state index < -0.39 is 0 Å². The van der Waals surface area contributed by atoms with Crippen LogP contribution in [0.2, 0.25) is 0 Å². The van der Waals surface area contributed by atoms with Crippen LogP contribution < -0.4 is 10.1 Å². The molecule has 86 valence electrons. The van der Waals surface area contributed by atoms with E-state index in [9.17, 15) is 4.79 Å². The molecule has 16 heavy (non-hydrogen) atoms. The minimum absolute atomic E-state index is 0.0708. The lowest BCUT2D eigenvalue weighted by Crippen LogP contribution is -2.27. The summed E-state index contributed by atoms with van der Waals surface area (Å²) in [6, 6.07) is 7.11. The van der Waals surface area contributed by atoms with Crippen molar-refractivity contribution < 1.29 is 14.3 Å². The Balaban J connectivity index is 1.88. The average Bonchev–Trinajstić information content (AvgIpc) is 3.11. The number of rotatable bonds is 5. The monoisotopic (exact) mass is 221 g/mol. The molecule has 1 aromatic rings. The molecule has 1 saturated heterocycles. The summed E-state index contributed by atoms with van der Waals surface area (Å²) in [5.41, 5.74) is 0.643. The zero-order valence-corrected chi connectivity index (χ0v) is 9.23. The lowest BCUT2D eigenvalue weighted by atomic mass is 10.2. The third-order valence-electron chi connectivity index (χ3n) is 2.32. The minimum Gasteiger partial charge on any atom is -0.494 e. The van der Waals surface area contributed by atoms with Gasteiger partial charge >= 0.3 is 0 Å². The summed E-state index contributed by atoms with van der Waals surface area (Å²) in [5.74, 6) is 0.711. The number of hydrogen-bond acceptors (Lipinski definition) is 3. The maximum atomic E-state index is 11.6. The minimum atomic E-state index is -0.0708. The summed E-state index contributed by atoms with van der Waals surface area (Å²) < 4.78 is 10.3. The van der Waals surface area contributed by atoms with Gasteiger partial charge in [0.2, 0.25) is 0 Å². The Bertz CT molecular complexity index is 357. The fraction of sp³-hybridized carbons (Fsp3) is 0.417. The summed E-state index contributed by atoms with van der Waals surface area (Å²) in [4.78, 5) is 11.6. The van der Waals surface area contributed by atoms with Crippen LogP contribution >= 0.6 is 0 Å². The molecule has 0 bridgehead atoms. The van der Waals surface area contributed by atoms with Gasteiger partial charge in [-0.3, -0.25) is 4.79 Å². The van der Waals surface area contributed by atoms with Gasteiger partial charge in [-0.15, -0.1) is 0 Å². The number of epoxide rings is 1. The lowest BCUT2D eigenvalue weighted by molar-refractivity contribution is 0.0950. The zero-order valence-electron chi connectivity index (χ0n) is 9.23. The van der Waals surface area contributed by atoms with Gasteiger partial charge < -0.3 is 14.8 Å². The Morgan fingerprint density at radius 1 is 1.50 bits per heavy atom. The molecule has 1 heterocycles. The Hall–Kier alpha value is -1.55. The van der Waals surface area contributed by atoms with Crippen LogP contribution in [0, 0.1) is 0 Å². The molecule has 1 aliphatic rings. The van der Waals surface area contributed by atoms with Gasteiger partial charge in [-0.05, 0) is 31.2 Å². The molecular weight excluding hydrogens is 206 g/mol. The van der Waals surface area contributed by atoms with Crippen LogP contribution in [0.25, 0.3) is 0 Å². The quantitative estimate of drug-likeness (QED) is 0.760. The topological polar surface area (TPSA) is 50.9 Å². The second kappa shape index (κ2) is 4.99. The first kappa shape index (κ1) is 11.0. The van der Waals surface area contributed by atoms with Crippen LogP contribution in [0.3, 0.4) is 0 Å². The highest BCUT2D eigenvalue weighted by Gasteiger charge is 2.22. The van der Waals surface area contributed by atoms with Crippen molar-refractivity contribution in [3.05, 3.63) is 29.8 Å². The fourth-order valence-corrected chi connectivity index (χ4v) is 1.36. The van der Waals surface area contributed by atoms with Gasteiger partial charge in [0.25, 0.3) is 5.91 Å². The Labute approximate surface area is 94.6 Å². The third-order valence-corrected chi connectivity index (χ3v) is 2.32. The molecule has 0 spiro atoms. The van der Waals surface area contributed by atoms with E-state index in [0.717, 1.165) is 12.4 Å². The van der Waals surface area contributed by atoms with Gasteiger partial charge in [-0.25, -0.2) is 0 Å². The molecule has 1 N–H and O–H groups in total. The Morgan fingerprint density at radius 3 is 2.75 bits per heavy atom. The molecule has 0 saturated carbocycles. The van der Waals surface area contributed by atoms with Gasteiger partial charge in [-0.2, -0.15) is 0 Å². The second-order valence-corrected chi connectivity index (χ2v) is 3.62. The third kappa shape index (κ3) is 2.97. The molecule has 1 amide bonds. The van der Waals surface area contributed by atoms with Crippen LogP contribution in [0.1, 0.15) is 17.3 Å². The SMILES string of the molecule is CCOc1ccc(C(=O)NC[C@H]2CO2)cc1. The van der Waals surface area contributed by atoms with Crippen molar-refractivity contribution >= 4 is 5.91 Å². The molecule has 4 nitrogen and oxygen atoms in total. The molecule has 0 unspecified atom stereocenters. The highest BCUT2D eigenvalue weighted by atomic mass is 16.6. The van der Waals surface area contributed by atoms with E-state index >= 15 is 0 Å². The summed E-state index contributed by atoms with van der Waals surface area (Å²) in [5, 5.41) is 2.81. The predicted octanol–water partition coefficient (Wildman–Crippen LogP) is 1.21. The van der Waals surface area contributed by atoms with E-state index in [1.807, 2.05) is 6.92 Å². The fourth-order valence-electron chi connectivity index (χ4n) is 1.36. The van der Waals surface area contributed by atoms with E-state index in [2.05, 4.69) is 5.32 Å². The molecule has 0 aliphatic carbocycles. The van der Waals surface area contributed by atoms with Crippen molar-refractivity contribution in [3.63, 3.8) is 0 Å². The van der Waals surface area contributed by atoms with Crippen LogP contribution in [0.4, 0.5) is 0 Å². The van der Waals surface area contributed by atoms with Gasteiger partial charge in [0.1, 0.15) is 5.75 Å². The second-order valence-electron chi connectivity index (χ2n) is 3.62. The standard InChI is InChI=1S/C12H15NO3/c1-2-15-10-5-3-9(4-6-10)12(14)13-7-11-8-16-11/h3-6,11H,2,7-8H2,1H3,(H,13,14)/t11-/m0/s1. The van der Waals surface area contributed by atoms with E-state index in [1.165, 1.54) is 0 Å². The van der Waals surface area contributed by atoms with Crippen molar-refractivity contribution in [2.75, 3.05) is 19.8 Å².